The maximum absolute atomic E-state index is 13.0. The van der Waals surface area contributed by atoms with Crippen LogP contribution in [0.15, 0.2) is 18.2 Å². The van der Waals surface area contributed by atoms with Crippen molar-refractivity contribution in [2.24, 2.45) is 5.92 Å². The molecule has 2 atom stereocenters. The predicted octanol–water partition coefficient (Wildman–Crippen LogP) is 1.62. The van der Waals surface area contributed by atoms with Gasteiger partial charge in [0.25, 0.3) is 0 Å². The van der Waals surface area contributed by atoms with Gasteiger partial charge in [-0.15, -0.1) is 0 Å². The molecule has 0 aliphatic carbocycles. The maximum Gasteiger partial charge on any atom is 0.322 e. The highest BCUT2D eigenvalue weighted by Crippen LogP contribution is 2.15. The Morgan fingerprint density at radius 3 is 2.64 bits per heavy atom. The van der Waals surface area contributed by atoms with Gasteiger partial charge in [-0.25, -0.2) is 17.5 Å². The quantitative estimate of drug-likeness (QED) is 0.791. The fraction of sp³-hybridized carbons (Fsp3) is 0.429. The summed E-state index contributed by atoms with van der Waals surface area (Å²) < 4.78 is 39.4. The molecular formula is C14H17FN2O4S. The Labute approximate surface area is 128 Å². The van der Waals surface area contributed by atoms with E-state index in [0.717, 1.165) is 12.1 Å². The van der Waals surface area contributed by atoms with Gasteiger partial charge in [-0.2, -0.15) is 5.26 Å². The number of carbonyl (C=O) groups is 1. The maximum atomic E-state index is 13.0. The number of hydrogen-bond acceptors (Lipinski definition) is 4. The molecule has 0 radical (unpaired) electrons. The molecule has 0 amide bonds. The van der Waals surface area contributed by atoms with E-state index < -0.39 is 39.5 Å². The average molecular weight is 328 g/mol. The Hall–Kier alpha value is -1.98. The smallest absolute Gasteiger partial charge is 0.322 e. The van der Waals surface area contributed by atoms with E-state index in [0.29, 0.717) is 6.42 Å². The van der Waals surface area contributed by atoms with Gasteiger partial charge in [0.2, 0.25) is 10.0 Å². The second-order valence-corrected chi connectivity index (χ2v) is 6.75. The molecule has 0 spiro atoms. The van der Waals surface area contributed by atoms with E-state index in [1.807, 2.05) is 0 Å². The Kier molecular flexibility index (Phi) is 6.02. The minimum absolute atomic E-state index is 0.0965. The largest absolute Gasteiger partial charge is 0.480 e. The molecule has 0 fully saturated rings. The summed E-state index contributed by atoms with van der Waals surface area (Å²) in [5, 5.41) is 18.0. The van der Waals surface area contributed by atoms with Crippen LogP contribution >= 0.6 is 0 Å². The molecule has 22 heavy (non-hydrogen) atoms. The van der Waals surface area contributed by atoms with Gasteiger partial charge < -0.3 is 5.11 Å². The number of carboxylic acids is 1. The van der Waals surface area contributed by atoms with Crippen molar-refractivity contribution in [1.82, 2.24) is 4.72 Å². The number of halogens is 1. The summed E-state index contributed by atoms with van der Waals surface area (Å²) in [5.41, 5.74) is 0.0190. The highest BCUT2D eigenvalue weighted by atomic mass is 32.2. The second-order valence-electron chi connectivity index (χ2n) is 4.99. The van der Waals surface area contributed by atoms with E-state index in [2.05, 4.69) is 4.72 Å². The van der Waals surface area contributed by atoms with Gasteiger partial charge in [0.1, 0.15) is 11.9 Å². The normalized spacial score (nSPS) is 14.1. The number of sulfonamides is 1. The van der Waals surface area contributed by atoms with Crippen LogP contribution in [0, 0.1) is 23.1 Å². The zero-order valence-corrected chi connectivity index (χ0v) is 13.0. The first-order chi connectivity index (χ1) is 10.2. The lowest BCUT2D eigenvalue weighted by molar-refractivity contribution is -0.140. The van der Waals surface area contributed by atoms with Crippen molar-refractivity contribution < 1.29 is 22.7 Å². The third-order valence-electron chi connectivity index (χ3n) is 3.32. The van der Waals surface area contributed by atoms with Gasteiger partial charge in [0, 0.05) is 0 Å². The van der Waals surface area contributed by atoms with Crippen molar-refractivity contribution in [3.05, 3.63) is 35.1 Å². The number of nitriles is 1. The van der Waals surface area contributed by atoms with E-state index in [1.54, 1.807) is 19.9 Å². The molecule has 0 unspecified atom stereocenters. The Morgan fingerprint density at radius 2 is 2.14 bits per heavy atom. The highest BCUT2D eigenvalue weighted by Gasteiger charge is 2.28. The summed E-state index contributed by atoms with van der Waals surface area (Å²) >= 11 is 0. The monoisotopic (exact) mass is 328 g/mol. The summed E-state index contributed by atoms with van der Waals surface area (Å²) in [5.74, 6) is -2.89. The van der Waals surface area contributed by atoms with Crippen molar-refractivity contribution >= 4 is 16.0 Å². The summed E-state index contributed by atoms with van der Waals surface area (Å²) in [6, 6.07) is 3.66. The topological polar surface area (TPSA) is 107 Å². The van der Waals surface area contributed by atoms with Gasteiger partial charge in [-0.05, 0) is 23.6 Å². The minimum Gasteiger partial charge on any atom is -0.480 e. The van der Waals surface area contributed by atoms with Gasteiger partial charge in [0.15, 0.2) is 0 Å². The molecule has 2 N–H and O–H groups in total. The number of nitrogens with one attached hydrogen (secondary N) is 1. The predicted molar refractivity (Wildman–Crippen MR) is 77.8 cm³/mol. The van der Waals surface area contributed by atoms with Gasteiger partial charge in [0.05, 0.1) is 17.4 Å². The van der Waals surface area contributed by atoms with Crippen molar-refractivity contribution in [3.63, 3.8) is 0 Å². The molecule has 1 aromatic carbocycles. The molecule has 0 aromatic heterocycles. The molecule has 6 nitrogen and oxygen atoms in total. The van der Waals surface area contributed by atoms with Crippen LogP contribution in [-0.4, -0.2) is 25.5 Å². The lowest BCUT2D eigenvalue weighted by atomic mass is 10.0. The zero-order chi connectivity index (χ0) is 16.9. The van der Waals surface area contributed by atoms with Crippen molar-refractivity contribution in [2.75, 3.05) is 0 Å². The molecule has 0 aliphatic rings. The van der Waals surface area contributed by atoms with E-state index in [-0.39, 0.29) is 11.1 Å². The third kappa shape index (κ3) is 4.79. The van der Waals surface area contributed by atoms with Crippen molar-refractivity contribution in [3.8, 4) is 6.07 Å². The molecule has 0 saturated heterocycles. The second kappa shape index (κ2) is 7.33. The minimum atomic E-state index is -3.98. The van der Waals surface area contributed by atoms with Gasteiger partial charge in [-0.3, -0.25) is 4.79 Å². The first kappa shape index (κ1) is 18.1. The molecular weight excluding hydrogens is 311 g/mol. The number of aliphatic carboxylic acids is 1. The Morgan fingerprint density at radius 1 is 1.50 bits per heavy atom. The van der Waals surface area contributed by atoms with Crippen LogP contribution in [-0.2, 0) is 20.6 Å². The number of nitrogens with zero attached hydrogens (tertiary/aromatic N) is 1. The third-order valence-corrected chi connectivity index (χ3v) is 4.63. The van der Waals surface area contributed by atoms with Crippen LogP contribution in [0.2, 0.25) is 0 Å². The summed E-state index contributed by atoms with van der Waals surface area (Å²) in [7, 11) is -3.98. The average Bonchev–Trinajstić information content (AvgIpc) is 2.45. The number of rotatable bonds is 7. The summed E-state index contributed by atoms with van der Waals surface area (Å²) in [4.78, 5) is 11.2. The zero-order valence-electron chi connectivity index (χ0n) is 12.2. The van der Waals surface area contributed by atoms with Crippen LogP contribution in [0.5, 0.6) is 0 Å². The Balaban J connectivity index is 3.01. The van der Waals surface area contributed by atoms with E-state index in [9.17, 15) is 17.6 Å². The first-order valence-corrected chi connectivity index (χ1v) is 8.26. The van der Waals surface area contributed by atoms with Crippen LogP contribution in [0.25, 0.3) is 0 Å². The van der Waals surface area contributed by atoms with E-state index in [1.165, 1.54) is 6.07 Å². The Bertz CT molecular complexity index is 697. The molecule has 120 valence electrons. The first-order valence-electron chi connectivity index (χ1n) is 6.61. The fourth-order valence-electron chi connectivity index (χ4n) is 1.86. The van der Waals surface area contributed by atoms with E-state index in [4.69, 9.17) is 10.4 Å². The summed E-state index contributed by atoms with van der Waals surface area (Å²) in [6.45, 7) is 3.38. The van der Waals surface area contributed by atoms with Crippen LogP contribution in [0.4, 0.5) is 4.39 Å². The highest BCUT2D eigenvalue weighted by molar-refractivity contribution is 7.88. The molecule has 0 aliphatic heterocycles. The molecule has 1 aromatic rings. The fourth-order valence-corrected chi connectivity index (χ4v) is 3.33. The molecule has 0 bridgehead atoms. The number of hydrogen-bond donors (Lipinski definition) is 2. The van der Waals surface area contributed by atoms with E-state index >= 15 is 0 Å². The van der Waals surface area contributed by atoms with Crippen LogP contribution in [0.1, 0.15) is 31.4 Å². The standard InChI is InChI=1S/C14H17FN2O4S/c1-3-9(2)13(14(18)19)17-22(20,21)8-10-4-5-12(15)6-11(10)7-16/h4-6,9,13,17H,3,8H2,1-2H3,(H,18,19)/t9-,13-/m0/s1. The lowest BCUT2D eigenvalue weighted by Crippen LogP contribution is -2.45. The molecule has 1 rings (SSSR count). The van der Waals surface area contributed by atoms with Crippen molar-refractivity contribution in [2.45, 2.75) is 32.1 Å². The van der Waals surface area contributed by atoms with Gasteiger partial charge in [-0.1, -0.05) is 26.3 Å². The SMILES string of the molecule is CC[C@H](C)[C@H](NS(=O)(=O)Cc1ccc(F)cc1C#N)C(=O)O. The number of carboxylic acid groups (broad SMARTS) is 1. The van der Waals surface area contributed by atoms with Crippen LogP contribution in [0.3, 0.4) is 0 Å². The van der Waals surface area contributed by atoms with Gasteiger partial charge >= 0.3 is 5.97 Å². The lowest BCUT2D eigenvalue weighted by Gasteiger charge is -2.20. The molecule has 0 saturated carbocycles. The molecule has 0 heterocycles. The summed E-state index contributed by atoms with van der Waals surface area (Å²) in [6.07, 6.45) is 0.486. The molecule has 8 heteroatoms. The van der Waals surface area contributed by atoms with Crippen LogP contribution < -0.4 is 4.72 Å². The number of benzene rings is 1. The van der Waals surface area contributed by atoms with Crippen molar-refractivity contribution in [1.29, 1.82) is 5.26 Å².